The van der Waals surface area contributed by atoms with Gasteiger partial charge in [0, 0.05) is 17.8 Å². The van der Waals surface area contributed by atoms with E-state index in [-0.39, 0.29) is 36.0 Å². The van der Waals surface area contributed by atoms with Crippen LogP contribution >= 0.6 is 28.3 Å². The van der Waals surface area contributed by atoms with Gasteiger partial charge < -0.3 is 10.6 Å². The first-order chi connectivity index (χ1) is 17.7. The lowest BCUT2D eigenvalue weighted by molar-refractivity contribution is 0.0609. The minimum atomic E-state index is -0.358. The third-order valence-electron chi connectivity index (χ3n) is 6.65. The minimum absolute atomic E-state index is 0. The highest BCUT2D eigenvalue weighted by Crippen LogP contribution is 2.32. The summed E-state index contributed by atoms with van der Waals surface area (Å²) < 4.78 is 3.97. The van der Waals surface area contributed by atoms with E-state index in [0.29, 0.717) is 37.1 Å². The average Bonchev–Trinajstić information content (AvgIpc) is 3.17. The maximum Gasteiger partial charge on any atom is 0.349 e. The number of amides is 1. The maximum absolute atomic E-state index is 13.9. The Hall–Kier alpha value is -2.94. The Morgan fingerprint density at radius 3 is 2.34 bits per heavy atom. The highest BCUT2D eigenvalue weighted by molar-refractivity contribution is 9.10. The number of halogens is 2. The molecule has 9 heteroatoms. The number of aryl methyl sites for hydroxylation is 2. The number of fused-ring (bicyclic) bond motifs is 1. The molecule has 0 aliphatic rings. The molecule has 4 rings (SSSR count). The number of nitrogens with two attached hydrogens (primary N) is 1. The normalized spacial score (nSPS) is 12.0. The first-order valence-corrected chi connectivity index (χ1v) is 13.4. The van der Waals surface area contributed by atoms with Crippen LogP contribution in [0.25, 0.3) is 5.52 Å². The molecule has 2 aromatic heterocycles. The van der Waals surface area contributed by atoms with Gasteiger partial charge in [-0.25, -0.2) is 4.79 Å². The number of nitrogens with zero attached hydrogens (tertiary/aromatic N) is 4. The molecule has 7 nitrogen and oxygen atoms in total. The van der Waals surface area contributed by atoms with E-state index in [9.17, 15) is 9.59 Å². The van der Waals surface area contributed by atoms with Crippen LogP contribution in [0.3, 0.4) is 0 Å². The number of hydrogen-bond acceptors (Lipinski definition) is 4. The number of carbonyl (C=O) groups excluding carboxylic acids is 1. The molecular formula is C29H35BrClN5O2. The van der Waals surface area contributed by atoms with Crippen LogP contribution in [0.4, 0.5) is 0 Å². The molecule has 4 aromatic rings. The van der Waals surface area contributed by atoms with E-state index >= 15 is 0 Å². The molecule has 0 fully saturated rings. The minimum Gasteiger partial charge on any atom is -0.330 e. The standard InChI is InChI=1S/C29H34BrN5O2.ClH/c1-19(2)27(33(16-8-15-31)28(36)23-13-11-20(3)12-14-23)25-17-24-26(30)21(4)32-35(24)29(37)34(25)18-22-9-6-5-7-10-22;/h5-7,9-14,17,19,27H,8,15-16,18,31H2,1-4H3;1H. The second kappa shape index (κ2) is 12.7. The van der Waals surface area contributed by atoms with Crippen LogP contribution in [0.5, 0.6) is 0 Å². The summed E-state index contributed by atoms with van der Waals surface area (Å²) >= 11 is 3.62. The highest BCUT2D eigenvalue weighted by Gasteiger charge is 2.32. The highest BCUT2D eigenvalue weighted by atomic mass is 79.9. The van der Waals surface area contributed by atoms with E-state index in [1.54, 1.807) is 4.57 Å². The van der Waals surface area contributed by atoms with Crippen LogP contribution in [0.15, 0.2) is 69.9 Å². The van der Waals surface area contributed by atoms with Crippen molar-refractivity contribution in [3.8, 4) is 0 Å². The van der Waals surface area contributed by atoms with E-state index in [4.69, 9.17) is 5.73 Å². The van der Waals surface area contributed by atoms with Gasteiger partial charge in [-0.1, -0.05) is 61.9 Å². The third kappa shape index (κ3) is 6.03. The third-order valence-corrected chi connectivity index (χ3v) is 7.63. The lowest BCUT2D eigenvalue weighted by atomic mass is 9.96. The van der Waals surface area contributed by atoms with Gasteiger partial charge in [-0.2, -0.15) is 9.61 Å². The largest absolute Gasteiger partial charge is 0.349 e. The van der Waals surface area contributed by atoms with E-state index in [0.717, 1.165) is 27.0 Å². The first kappa shape index (κ1) is 29.6. The topological polar surface area (TPSA) is 85.6 Å². The zero-order valence-electron chi connectivity index (χ0n) is 22.2. The van der Waals surface area contributed by atoms with E-state index in [1.807, 2.05) is 79.4 Å². The molecule has 0 bridgehead atoms. The molecule has 0 saturated carbocycles. The van der Waals surface area contributed by atoms with Gasteiger partial charge in [0.1, 0.15) is 0 Å². The monoisotopic (exact) mass is 599 g/mol. The van der Waals surface area contributed by atoms with Crippen LogP contribution < -0.4 is 11.4 Å². The first-order valence-electron chi connectivity index (χ1n) is 12.6. The van der Waals surface area contributed by atoms with Crippen LogP contribution in [-0.4, -0.2) is 38.1 Å². The Balaban J connectivity index is 0.00000400. The fraction of sp³-hybridized carbons (Fsp3) is 0.345. The summed E-state index contributed by atoms with van der Waals surface area (Å²) in [7, 11) is 0. The molecule has 2 aromatic carbocycles. The van der Waals surface area contributed by atoms with Crippen molar-refractivity contribution in [3.63, 3.8) is 0 Å². The predicted molar refractivity (Wildman–Crippen MR) is 158 cm³/mol. The Morgan fingerprint density at radius 2 is 1.74 bits per heavy atom. The lowest BCUT2D eigenvalue weighted by Gasteiger charge is -2.36. The quantitative estimate of drug-likeness (QED) is 0.274. The zero-order valence-corrected chi connectivity index (χ0v) is 24.6. The summed E-state index contributed by atoms with van der Waals surface area (Å²) in [6.07, 6.45) is 0.654. The molecule has 0 radical (unpaired) electrons. The Kier molecular flexibility index (Phi) is 9.93. The van der Waals surface area contributed by atoms with Gasteiger partial charge in [0.05, 0.1) is 28.3 Å². The molecular weight excluding hydrogens is 566 g/mol. The molecule has 0 saturated heterocycles. The van der Waals surface area contributed by atoms with E-state index in [1.165, 1.54) is 4.52 Å². The summed E-state index contributed by atoms with van der Waals surface area (Å²) in [5, 5.41) is 4.48. The van der Waals surface area contributed by atoms with Gasteiger partial charge in [-0.15, -0.1) is 12.4 Å². The number of hydrogen-bond donors (Lipinski definition) is 1. The van der Waals surface area contributed by atoms with E-state index < -0.39 is 0 Å². The van der Waals surface area contributed by atoms with Crippen LogP contribution in [0.2, 0.25) is 0 Å². The van der Waals surface area contributed by atoms with Crippen LogP contribution in [0.1, 0.15) is 59.2 Å². The van der Waals surface area contributed by atoms with Gasteiger partial charge >= 0.3 is 5.69 Å². The fourth-order valence-corrected chi connectivity index (χ4v) is 5.12. The molecule has 1 amide bonds. The summed E-state index contributed by atoms with van der Waals surface area (Å²) in [4.78, 5) is 29.7. The summed E-state index contributed by atoms with van der Waals surface area (Å²) in [6, 6.07) is 19.1. The van der Waals surface area contributed by atoms with Crippen molar-refractivity contribution in [2.75, 3.05) is 13.1 Å². The number of carbonyl (C=O) groups is 1. The van der Waals surface area contributed by atoms with Crippen molar-refractivity contribution < 1.29 is 4.79 Å². The Labute approximate surface area is 238 Å². The van der Waals surface area contributed by atoms with Crippen molar-refractivity contribution in [1.82, 2.24) is 19.1 Å². The molecule has 1 atom stereocenters. The second-order valence-electron chi connectivity index (χ2n) is 9.82. The van der Waals surface area contributed by atoms with Crippen LogP contribution in [0, 0.1) is 19.8 Å². The average molecular weight is 601 g/mol. The van der Waals surface area contributed by atoms with Gasteiger partial charge in [0.25, 0.3) is 5.91 Å². The SMILES string of the molecule is Cc1ccc(C(=O)N(CCCN)C(c2cc3c(Br)c(C)nn3c(=O)n2Cc2ccccc2)C(C)C)cc1.Cl. The van der Waals surface area contributed by atoms with Crippen LogP contribution in [-0.2, 0) is 6.54 Å². The molecule has 202 valence electrons. The number of benzene rings is 2. The molecule has 38 heavy (non-hydrogen) atoms. The smallest absolute Gasteiger partial charge is 0.330 e. The fourth-order valence-electron chi connectivity index (χ4n) is 4.76. The van der Waals surface area contributed by atoms with Crippen molar-refractivity contribution in [1.29, 1.82) is 0 Å². The molecule has 2 N–H and O–H groups in total. The molecule has 0 aliphatic carbocycles. The van der Waals surface area contributed by atoms with Crippen molar-refractivity contribution >= 4 is 39.8 Å². The summed E-state index contributed by atoms with van der Waals surface area (Å²) in [5.41, 5.74) is 10.6. The van der Waals surface area contributed by atoms with Gasteiger partial charge in [-0.3, -0.25) is 9.36 Å². The Bertz CT molecular complexity index is 1450. The molecule has 1 unspecified atom stereocenters. The van der Waals surface area contributed by atoms with Crippen molar-refractivity contribution in [2.45, 2.75) is 46.7 Å². The molecule has 0 spiro atoms. The van der Waals surface area contributed by atoms with Crippen molar-refractivity contribution in [3.05, 3.63) is 104 Å². The van der Waals surface area contributed by atoms with Gasteiger partial charge in [0.2, 0.25) is 0 Å². The molecule has 0 aliphatic heterocycles. The maximum atomic E-state index is 13.9. The number of aromatic nitrogens is 3. The van der Waals surface area contributed by atoms with Gasteiger partial charge in [-0.05, 0) is 72.4 Å². The second-order valence-corrected chi connectivity index (χ2v) is 10.6. The van der Waals surface area contributed by atoms with E-state index in [2.05, 4.69) is 34.9 Å². The van der Waals surface area contributed by atoms with Crippen molar-refractivity contribution in [2.24, 2.45) is 11.7 Å². The predicted octanol–water partition coefficient (Wildman–Crippen LogP) is 5.53. The summed E-state index contributed by atoms with van der Waals surface area (Å²) in [6.45, 7) is 9.35. The zero-order chi connectivity index (χ0) is 26.7. The summed E-state index contributed by atoms with van der Waals surface area (Å²) in [5.74, 6) is -0.0478. The Morgan fingerprint density at radius 1 is 1.08 bits per heavy atom. The van der Waals surface area contributed by atoms with Gasteiger partial charge in [0.15, 0.2) is 0 Å². The lowest BCUT2D eigenvalue weighted by Crippen LogP contribution is -2.42. The number of rotatable bonds is 9. The molecule has 2 heterocycles.